The number of phenolic OH excluding ortho intramolecular Hbond substituents is 1. The molecule has 2 unspecified atom stereocenters. The molecule has 4 aliphatic rings. The van der Waals surface area contributed by atoms with E-state index < -0.39 is 69.7 Å². The third-order valence-corrected chi connectivity index (χ3v) is 8.87. The van der Waals surface area contributed by atoms with Crippen molar-refractivity contribution in [2.75, 3.05) is 51.5 Å². The van der Waals surface area contributed by atoms with E-state index in [1.54, 1.807) is 39.2 Å². The Kier molecular flexibility index (Phi) is 10.0. The van der Waals surface area contributed by atoms with E-state index in [4.69, 9.17) is 5.73 Å². The SMILES string of the molecule is CN(C)c1cc(NC(=O)CNCC2CC2)c(O)c2c1CC1CC3[C@H](N(C)C)C(O)=C(C(N)=O)C(=O)[C@@]3(O)C(O)=C1C2=O.Cl.Cl. The maximum absolute atomic E-state index is 14.1. The zero-order chi connectivity index (χ0) is 30.8. The third-order valence-electron chi connectivity index (χ3n) is 8.87. The molecule has 0 bridgehead atoms. The average Bonchev–Trinajstić information content (AvgIpc) is 3.71. The monoisotopic (exact) mass is 655 g/mol. The maximum Gasteiger partial charge on any atom is 0.255 e. The van der Waals surface area contributed by atoms with Crippen molar-refractivity contribution in [3.05, 3.63) is 39.9 Å². The number of aromatic hydroxyl groups is 1. The van der Waals surface area contributed by atoms with Crippen molar-refractivity contribution in [1.82, 2.24) is 10.2 Å². The van der Waals surface area contributed by atoms with Gasteiger partial charge in [-0.3, -0.25) is 24.1 Å². The predicted octanol–water partition coefficient (Wildman–Crippen LogP) is 0.968. The van der Waals surface area contributed by atoms with E-state index >= 15 is 0 Å². The van der Waals surface area contributed by atoms with Gasteiger partial charge in [-0.15, -0.1) is 24.8 Å². The summed E-state index contributed by atoms with van der Waals surface area (Å²) in [6.07, 6.45) is 2.38. The molecule has 4 aliphatic carbocycles. The number of nitrogens with zero attached hydrogens (tertiary/aromatic N) is 2. The van der Waals surface area contributed by atoms with Crippen LogP contribution in [0.2, 0.25) is 0 Å². The highest BCUT2D eigenvalue weighted by Crippen LogP contribution is 2.53. The van der Waals surface area contributed by atoms with E-state index in [2.05, 4.69) is 10.6 Å². The van der Waals surface area contributed by atoms with Crippen LogP contribution in [-0.4, -0.2) is 102 Å². The van der Waals surface area contributed by atoms with Crippen LogP contribution in [-0.2, 0) is 20.8 Å². The molecular weight excluding hydrogens is 617 g/mol. The van der Waals surface area contributed by atoms with Gasteiger partial charge in [-0.2, -0.15) is 0 Å². The number of aliphatic hydroxyl groups is 3. The van der Waals surface area contributed by atoms with Crippen LogP contribution in [0.4, 0.5) is 11.4 Å². The molecule has 1 aromatic carbocycles. The summed E-state index contributed by atoms with van der Waals surface area (Å²) in [7, 11) is 6.65. The van der Waals surface area contributed by atoms with Gasteiger partial charge in [0.25, 0.3) is 5.91 Å². The van der Waals surface area contributed by atoms with Gasteiger partial charge in [0.1, 0.15) is 17.1 Å². The predicted molar refractivity (Wildman–Crippen MR) is 167 cm³/mol. The number of allylic oxidation sites excluding steroid dienone is 1. The smallest absolute Gasteiger partial charge is 0.255 e. The Hall–Kier alpha value is -3.36. The van der Waals surface area contributed by atoms with Gasteiger partial charge in [0, 0.05) is 31.3 Å². The molecule has 1 saturated carbocycles. The van der Waals surface area contributed by atoms with Crippen LogP contribution < -0.4 is 21.3 Å². The third kappa shape index (κ3) is 5.51. The molecule has 4 atom stereocenters. The number of nitrogens with two attached hydrogens (primary N) is 1. The standard InChI is InChI=1S/C29H37N5O8.2ClH/c1-33(2)17-9-16(32-18(35)11-31-10-12-5-6-12)23(36)20-14(17)7-13-8-15-22(34(3)4)25(38)21(28(30)41)27(40)29(15,42)26(39)19(13)24(20)37;;/h9,12-13,15,22,31,36,38-39,42H,5-8,10-11H2,1-4H3,(H2,30,41)(H,32,35);2*1H/t13?,15?,22-,29-;;/m0../s1. The fourth-order valence-electron chi connectivity index (χ4n) is 6.70. The van der Waals surface area contributed by atoms with E-state index in [0.29, 0.717) is 23.7 Å². The summed E-state index contributed by atoms with van der Waals surface area (Å²) in [5.41, 5.74) is 2.41. The summed E-state index contributed by atoms with van der Waals surface area (Å²) in [6.45, 7) is 0.722. The lowest BCUT2D eigenvalue weighted by Crippen LogP contribution is -2.63. The zero-order valence-corrected chi connectivity index (χ0v) is 26.5. The Morgan fingerprint density at radius 2 is 1.73 bits per heavy atom. The van der Waals surface area contributed by atoms with Gasteiger partial charge in [0.2, 0.25) is 11.7 Å². The molecule has 1 aromatic rings. The molecule has 0 radical (unpaired) electrons. The second kappa shape index (κ2) is 12.6. The lowest BCUT2D eigenvalue weighted by molar-refractivity contribution is -0.148. The fourth-order valence-corrected chi connectivity index (χ4v) is 6.70. The highest BCUT2D eigenvalue weighted by molar-refractivity contribution is 6.25. The summed E-state index contributed by atoms with van der Waals surface area (Å²) < 4.78 is 0. The molecule has 13 nitrogen and oxygen atoms in total. The van der Waals surface area contributed by atoms with Gasteiger partial charge in [-0.05, 0) is 69.8 Å². The van der Waals surface area contributed by atoms with E-state index in [1.807, 2.05) is 0 Å². The summed E-state index contributed by atoms with van der Waals surface area (Å²) in [4.78, 5) is 55.6. The number of likely N-dealkylation sites (N-methyl/N-ethyl adjacent to an activating group) is 1. The molecule has 0 heterocycles. The van der Waals surface area contributed by atoms with Gasteiger partial charge >= 0.3 is 0 Å². The first kappa shape index (κ1) is 35.1. The molecule has 44 heavy (non-hydrogen) atoms. The number of anilines is 2. The fraction of sp³-hybridized carbons (Fsp3) is 0.517. The van der Waals surface area contributed by atoms with Gasteiger partial charge in [-0.25, -0.2) is 0 Å². The van der Waals surface area contributed by atoms with Crippen molar-refractivity contribution >= 4 is 59.6 Å². The Bertz CT molecular complexity index is 1470. The molecule has 242 valence electrons. The van der Waals surface area contributed by atoms with Crippen LogP contribution in [0.5, 0.6) is 5.75 Å². The number of hydrogen-bond donors (Lipinski definition) is 7. The number of fused-ring (bicyclic) bond motifs is 3. The van der Waals surface area contributed by atoms with Crippen LogP contribution in [0.1, 0.15) is 35.2 Å². The van der Waals surface area contributed by atoms with Crippen molar-refractivity contribution in [3.63, 3.8) is 0 Å². The average molecular weight is 657 g/mol. The highest BCUT2D eigenvalue weighted by atomic mass is 35.5. The Labute approximate surface area is 267 Å². The van der Waals surface area contributed by atoms with Crippen LogP contribution in [0, 0.1) is 17.8 Å². The summed E-state index contributed by atoms with van der Waals surface area (Å²) in [5, 5.41) is 51.1. The topological polar surface area (TPSA) is 206 Å². The van der Waals surface area contributed by atoms with Gasteiger partial charge in [-0.1, -0.05) is 0 Å². The molecular formula is C29H39Cl2N5O8. The van der Waals surface area contributed by atoms with E-state index in [9.17, 15) is 39.6 Å². The lowest BCUT2D eigenvalue weighted by atomic mass is 9.58. The van der Waals surface area contributed by atoms with Crippen molar-refractivity contribution in [1.29, 1.82) is 0 Å². The number of nitrogens with one attached hydrogen (secondary N) is 2. The number of Topliss-reactive ketones (excluding diaryl/α,β-unsaturated/α-hetero) is 2. The number of ketones is 2. The number of rotatable bonds is 8. The summed E-state index contributed by atoms with van der Waals surface area (Å²) >= 11 is 0. The maximum atomic E-state index is 14.1. The number of amides is 2. The number of aliphatic hydroxyl groups excluding tert-OH is 2. The van der Waals surface area contributed by atoms with Crippen LogP contribution in [0.15, 0.2) is 28.7 Å². The zero-order valence-electron chi connectivity index (χ0n) is 24.8. The largest absolute Gasteiger partial charge is 0.510 e. The molecule has 2 amide bonds. The molecule has 0 aliphatic heterocycles. The van der Waals surface area contributed by atoms with Crippen LogP contribution in [0.25, 0.3) is 0 Å². The number of phenols is 1. The molecule has 1 fully saturated rings. The molecule has 8 N–H and O–H groups in total. The second-order valence-corrected chi connectivity index (χ2v) is 12.1. The second-order valence-electron chi connectivity index (χ2n) is 12.1. The first-order valence-corrected chi connectivity index (χ1v) is 13.9. The Balaban J connectivity index is 0.00000264. The first-order valence-electron chi connectivity index (χ1n) is 13.9. The minimum atomic E-state index is -2.72. The summed E-state index contributed by atoms with van der Waals surface area (Å²) in [6, 6.07) is 0.511. The number of hydrogen-bond acceptors (Lipinski definition) is 11. The number of benzene rings is 1. The lowest BCUT2D eigenvalue weighted by Gasteiger charge is -2.50. The molecule has 0 saturated heterocycles. The van der Waals surface area contributed by atoms with Crippen molar-refractivity contribution < 1.29 is 39.6 Å². The molecule has 5 rings (SSSR count). The minimum Gasteiger partial charge on any atom is -0.510 e. The quantitative estimate of drug-likeness (QED) is 0.155. The number of carbonyl (C=O) groups is 4. The Morgan fingerprint density at radius 3 is 2.27 bits per heavy atom. The Morgan fingerprint density at radius 1 is 1.09 bits per heavy atom. The van der Waals surface area contributed by atoms with Gasteiger partial charge in [0.15, 0.2) is 17.1 Å². The van der Waals surface area contributed by atoms with E-state index in [0.717, 1.165) is 12.8 Å². The molecule has 0 aromatic heterocycles. The summed E-state index contributed by atoms with van der Waals surface area (Å²) in [5.74, 6) is -7.11. The van der Waals surface area contributed by atoms with Gasteiger partial charge < -0.3 is 41.7 Å². The van der Waals surface area contributed by atoms with Crippen molar-refractivity contribution in [2.45, 2.75) is 37.3 Å². The van der Waals surface area contributed by atoms with Crippen molar-refractivity contribution in [2.24, 2.45) is 23.5 Å². The minimum absolute atomic E-state index is 0. The van der Waals surface area contributed by atoms with E-state index in [1.165, 1.54) is 4.90 Å². The number of carbonyl (C=O) groups excluding carboxylic acids is 4. The van der Waals surface area contributed by atoms with Gasteiger partial charge in [0.05, 0.1) is 23.8 Å². The first-order chi connectivity index (χ1) is 19.7. The van der Waals surface area contributed by atoms with Crippen molar-refractivity contribution in [3.8, 4) is 5.75 Å². The number of primary amides is 1. The normalized spacial score (nSPS) is 25.8. The highest BCUT2D eigenvalue weighted by Gasteiger charge is 2.63. The van der Waals surface area contributed by atoms with Crippen LogP contribution in [0.3, 0.4) is 0 Å². The number of halogens is 2. The van der Waals surface area contributed by atoms with E-state index in [-0.39, 0.29) is 61.0 Å². The molecule has 0 spiro atoms. The van der Waals surface area contributed by atoms with Crippen LogP contribution >= 0.6 is 24.8 Å². The molecule has 15 heteroatoms.